The summed E-state index contributed by atoms with van der Waals surface area (Å²) in [5.41, 5.74) is 1.91. The molecule has 3 nitrogen and oxygen atoms in total. The fraction of sp³-hybridized carbons (Fsp3) is 0.500. The quantitative estimate of drug-likeness (QED) is 0.763. The second kappa shape index (κ2) is 5.35. The van der Waals surface area contributed by atoms with E-state index in [4.69, 9.17) is 6.42 Å². The molecular weight excluding hydrogens is 186 g/mol. The fourth-order valence-corrected chi connectivity index (χ4v) is 1.43. The van der Waals surface area contributed by atoms with Gasteiger partial charge in [0.25, 0.3) is 0 Å². The minimum absolute atomic E-state index is 0.0243. The van der Waals surface area contributed by atoms with Gasteiger partial charge in [0.05, 0.1) is 6.04 Å². The highest BCUT2D eigenvalue weighted by atomic mass is 15.1. The van der Waals surface area contributed by atoms with E-state index in [9.17, 15) is 0 Å². The molecule has 0 aliphatic heterocycles. The summed E-state index contributed by atoms with van der Waals surface area (Å²) in [6, 6.07) is 1.96. The Balaban J connectivity index is 2.75. The van der Waals surface area contributed by atoms with E-state index in [2.05, 4.69) is 28.1 Å². The summed E-state index contributed by atoms with van der Waals surface area (Å²) >= 11 is 0. The van der Waals surface area contributed by atoms with Crippen molar-refractivity contribution in [2.24, 2.45) is 0 Å². The van der Waals surface area contributed by atoms with Crippen molar-refractivity contribution in [1.82, 2.24) is 9.97 Å². The lowest BCUT2D eigenvalue weighted by atomic mass is 10.2. The highest BCUT2D eigenvalue weighted by Crippen LogP contribution is 2.07. The summed E-state index contributed by atoms with van der Waals surface area (Å²) in [6.07, 6.45) is 7.40. The summed E-state index contributed by atoms with van der Waals surface area (Å²) in [5, 5.41) is 3.15. The van der Waals surface area contributed by atoms with Crippen molar-refractivity contribution >= 4 is 5.95 Å². The zero-order valence-corrected chi connectivity index (χ0v) is 9.54. The molecule has 80 valence electrons. The molecule has 0 fully saturated rings. The van der Waals surface area contributed by atoms with Crippen molar-refractivity contribution in [3.05, 3.63) is 17.5 Å². The molecule has 0 aliphatic rings. The predicted molar refractivity (Wildman–Crippen MR) is 62.7 cm³/mol. The molecule has 0 amide bonds. The standard InChI is InChI=1S/C12H17N3/c1-5-7-11(6-2)15-12-13-9(3)8-10(4)14-12/h2,8,11H,5,7H2,1,3-4H3,(H,13,14,15). The predicted octanol–water partition coefficient (Wildman–Crippen LogP) is 2.31. The van der Waals surface area contributed by atoms with E-state index in [1.165, 1.54) is 0 Å². The molecule has 1 rings (SSSR count). The number of nitrogens with zero attached hydrogens (tertiary/aromatic N) is 2. The van der Waals surface area contributed by atoms with Gasteiger partial charge >= 0.3 is 0 Å². The van der Waals surface area contributed by atoms with Crippen LogP contribution in [0, 0.1) is 26.2 Å². The van der Waals surface area contributed by atoms with Crippen LogP contribution in [-0.4, -0.2) is 16.0 Å². The maximum absolute atomic E-state index is 5.41. The molecule has 0 saturated carbocycles. The van der Waals surface area contributed by atoms with Gasteiger partial charge in [-0.3, -0.25) is 0 Å². The van der Waals surface area contributed by atoms with E-state index in [-0.39, 0.29) is 6.04 Å². The van der Waals surface area contributed by atoms with Crippen LogP contribution in [0.5, 0.6) is 0 Å². The largest absolute Gasteiger partial charge is 0.341 e. The Morgan fingerprint density at radius 2 is 2.00 bits per heavy atom. The Bertz CT molecular complexity index is 345. The lowest BCUT2D eigenvalue weighted by Crippen LogP contribution is -2.19. The molecule has 3 heteroatoms. The average Bonchev–Trinajstić information content (AvgIpc) is 2.15. The zero-order chi connectivity index (χ0) is 11.3. The second-order valence-corrected chi connectivity index (χ2v) is 3.63. The van der Waals surface area contributed by atoms with Gasteiger partial charge in [-0.05, 0) is 26.3 Å². The Labute approximate surface area is 91.3 Å². The summed E-state index contributed by atoms with van der Waals surface area (Å²) < 4.78 is 0. The van der Waals surface area contributed by atoms with Gasteiger partial charge in [0.15, 0.2) is 0 Å². The third kappa shape index (κ3) is 3.59. The van der Waals surface area contributed by atoms with Crippen molar-refractivity contribution in [2.75, 3.05) is 5.32 Å². The smallest absolute Gasteiger partial charge is 0.224 e. The van der Waals surface area contributed by atoms with E-state index < -0.39 is 0 Å². The number of nitrogens with one attached hydrogen (secondary N) is 1. The van der Waals surface area contributed by atoms with E-state index in [1.807, 2.05) is 19.9 Å². The van der Waals surface area contributed by atoms with Crippen LogP contribution in [0.1, 0.15) is 31.2 Å². The highest BCUT2D eigenvalue weighted by Gasteiger charge is 2.05. The molecule has 1 heterocycles. The van der Waals surface area contributed by atoms with E-state index in [0.717, 1.165) is 24.2 Å². The first-order valence-electron chi connectivity index (χ1n) is 5.20. The molecule has 0 saturated heterocycles. The molecule has 1 atom stereocenters. The van der Waals surface area contributed by atoms with Crippen LogP contribution >= 0.6 is 0 Å². The van der Waals surface area contributed by atoms with Crippen LogP contribution in [0.3, 0.4) is 0 Å². The number of aryl methyl sites for hydroxylation is 2. The highest BCUT2D eigenvalue weighted by molar-refractivity contribution is 5.32. The average molecular weight is 203 g/mol. The number of hydrogen-bond acceptors (Lipinski definition) is 3. The first-order valence-corrected chi connectivity index (χ1v) is 5.20. The van der Waals surface area contributed by atoms with Crippen molar-refractivity contribution in [3.8, 4) is 12.3 Å². The van der Waals surface area contributed by atoms with Gasteiger partial charge in [-0.1, -0.05) is 19.3 Å². The Morgan fingerprint density at radius 1 is 1.40 bits per heavy atom. The first-order chi connectivity index (χ1) is 7.15. The molecule has 1 unspecified atom stereocenters. The van der Waals surface area contributed by atoms with Gasteiger partial charge in [0, 0.05) is 11.4 Å². The molecular formula is C12H17N3. The Morgan fingerprint density at radius 3 is 2.47 bits per heavy atom. The third-order valence-corrected chi connectivity index (χ3v) is 2.06. The monoisotopic (exact) mass is 203 g/mol. The van der Waals surface area contributed by atoms with Gasteiger partial charge < -0.3 is 5.32 Å². The first kappa shape index (κ1) is 11.5. The van der Waals surface area contributed by atoms with Crippen LogP contribution < -0.4 is 5.32 Å². The molecule has 0 spiro atoms. The van der Waals surface area contributed by atoms with E-state index >= 15 is 0 Å². The van der Waals surface area contributed by atoms with Gasteiger partial charge in [0.2, 0.25) is 5.95 Å². The van der Waals surface area contributed by atoms with E-state index in [0.29, 0.717) is 5.95 Å². The number of terminal acetylenes is 1. The van der Waals surface area contributed by atoms with Crippen LogP contribution in [0.25, 0.3) is 0 Å². The molecule has 0 bridgehead atoms. The molecule has 0 aromatic carbocycles. The minimum atomic E-state index is 0.0243. The molecule has 15 heavy (non-hydrogen) atoms. The number of anilines is 1. The molecule has 1 N–H and O–H groups in total. The van der Waals surface area contributed by atoms with Gasteiger partial charge in [-0.2, -0.15) is 0 Å². The number of aromatic nitrogens is 2. The summed E-state index contributed by atoms with van der Waals surface area (Å²) in [7, 11) is 0. The fourth-order valence-electron chi connectivity index (χ4n) is 1.43. The second-order valence-electron chi connectivity index (χ2n) is 3.63. The maximum Gasteiger partial charge on any atom is 0.224 e. The van der Waals surface area contributed by atoms with Crippen LogP contribution in [-0.2, 0) is 0 Å². The maximum atomic E-state index is 5.41. The lowest BCUT2D eigenvalue weighted by molar-refractivity contribution is 0.746. The summed E-state index contributed by atoms with van der Waals surface area (Å²) in [5.74, 6) is 3.33. The molecule has 0 radical (unpaired) electrons. The number of rotatable bonds is 4. The van der Waals surface area contributed by atoms with E-state index in [1.54, 1.807) is 0 Å². The number of hydrogen-bond donors (Lipinski definition) is 1. The van der Waals surface area contributed by atoms with Crippen molar-refractivity contribution in [1.29, 1.82) is 0 Å². The van der Waals surface area contributed by atoms with Gasteiger partial charge in [-0.15, -0.1) is 6.42 Å². The van der Waals surface area contributed by atoms with Crippen molar-refractivity contribution in [2.45, 2.75) is 39.7 Å². The van der Waals surface area contributed by atoms with Crippen molar-refractivity contribution < 1.29 is 0 Å². The SMILES string of the molecule is C#CC(CCC)Nc1nc(C)cc(C)n1. The normalized spacial score (nSPS) is 11.9. The van der Waals surface area contributed by atoms with Crippen LogP contribution in [0.2, 0.25) is 0 Å². The Hall–Kier alpha value is -1.56. The molecule has 1 aromatic heterocycles. The molecule has 0 aliphatic carbocycles. The lowest BCUT2D eigenvalue weighted by Gasteiger charge is -2.12. The molecule has 1 aromatic rings. The Kier molecular flexibility index (Phi) is 4.11. The third-order valence-electron chi connectivity index (χ3n) is 2.06. The zero-order valence-electron chi connectivity index (χ0n) is 9.54. The summed E-state index contributed by atoms with van der Waals surface area (Å²) in [4.78, 5) is 8.57. The van der Waals surface area contributed by atoms with Crippen molar-refractivity contribution in [3.63, 3.8) is 0 Å². The van der Waals surface area contributed by atoms with Crippen LogP contribution in [0.4, 0.5) is 5.95 Å². The minimum Gasteiger partial charge on any atom is -0.341 e. The van der Waals surface area contributed by atoms with Gasteiger partial charge in [-0.25, -0.2) is 9.97 Å². The van der Waals surface area contributed by atoms with Gasteiger partial charge in [0.1, 0.15) is 0 Å². The topological polar surface area (TPSA) is 37.8 Å². The van der Waals surface area contributed by atoms with Crippen LogP contribution in [0.15, 0.2) is 6.07 Å². The summed E-state index contributed by atoms with van der Waals surface area (Å²) in [6.45, 7) is 6.00.